The molecule has 2 atom stereocenters. The number of hydrogen-bond acceptors (Lipinski definition) is 4. The Morgan fingerprint density at radius 1 is 1.19 bits per heavy atom. The maximum atomic E-state index is 14.3. The first-order valence-corrected chi connectivity index (χ1v) is 9.06. The number of hydrogen-bond donors (Lipinski definition) is 0. The maximum absolute atomic E-state index is 14.3. The van der Waals surface area contributed by atoms with Crippen LogP contribution < -0.4 is 4.74 Å². The standard InChI is InChI=1S/C19H23BF2N2O3/c1-18(2)19(3,4)27-20(26-18)14-8-13(14)11-6-15(21)17(22)16(7-11)24-10-12(25-5)9-23-24/h6-7,9-10,13-14H,8H2,1-5H3. The number of rotatable bonds is 4. The number of nitrogens with zero attached hydrogens (tertiary/aromatic N) is 2. The first-order valence-electron chi connectivity index (χ1n) is 9.06. The average molecular weight is 376 g/mol. The molecular weight excluding hydrogens is 353 g/mol. The normalized spacial score (nSPS) is 25.7. The van der Waals surface area contributed by atoms with Gasteiger partial charge in [0, 0.05) is 5.82 Å². The van der Waals surface area contributed by atoms with Crippen molar-refractivity contribution in [2.24, 2.45) is 0 Å². The molecule has 4 rings (SSSR count). The second kappa shape index (κ2) is 6.04. The third-order valence-corrected chi connectivity index (χ3v) is 5.96. The molecule has 0 bridgehead atoms. The summed E-state index contributed by atoms with van der Waals surface area (Å²) in [5, 5.41) is 4.05. The van der Waals surface area contributed by atoms with Gasteiger partial charge in [0.25, 0.3) is 0 Å². The van der Waals surface area contributed by atoms with Crippen molar-refractivity contribution in [2.75, 3.05) is 7.11 Å². The molecule has 2 fully saturated rings. The molecule has 1 aromatic carbocycles. The van der Waals surface area contributed by atoms with E-state index in [9.17, 15) is 8.78 Å². The van der Waals surface area contributed by atoms with Crippen LogP contribution in [-0.4, -0.2) is 35.2 Å². The van der Waals surface area contributed by atoms with Crippen LogP contribution in [0.15, 0.2) is 24.5 Å². The Kier molecular flexibility index (Phi) is 4.12. The quantitative estimate of drug-likeness (QED) is 0.754. The summed E-state index contributed by atoms with van der Waals surface area (Å²) in [4.78, 5) is 0. The molecule has 5 nitrogen and oxygen atoms in total. The Hall–Kier alpha value is -1.93. The van der Waals surface area contributed by atoms with Gasteiger partial charge in [-0.05, 0) is 57.7 Å². The molecule has 0 radical (unpaired) electrons. The van der Waals surface area contributed by atoms with Crippen molar-refractivity contribution in [1.29, 1.82) is 0 Å². The highest BCUT2D eigenvalue weighted by Crippen LogP contribution is 2.58. The van der Waals surface area contributed by atoms with Gasteiger partial charge < -0.3 is 14.0 Å². The van der Waals surface area contributed by atoms with E-state index in [0.29, 0.717) is 5.75 Å². The number of aromatic nitrogens is 2. The third kappa shape index (κ3) is 3.04. The van der Waals surface area contributed by atoms with Crippen LogP contribution in [0.5, 0.6) is 5.75 Å². The largest absolute Gasteiger partial charge is 0.493 e. The zero-order valence-corrected chi connectivity index (χ0v) is 16.1. The average Bonchev–Trinajstić information content (AvgIpc) is 3.18. The molecule has 27 heavy (non-hydrogen) atoms. The van der Waals surface area contributed by atoms with Crippen LogP contribution in [0.2, 0.25) is 5.82 Å². The molecular formula is C19H23BF2N2O3. The monoisotopic (exact) mass is 376 g/mol. The predicted molar refractivity (Wildman–Crippen MR) is 97.2 cm³/mol. The smallest absolute Gasteiger partial charge is 0.461 e. The number of ether oxygens (including phenoxy) is 1. The van der Waals surface area contributed by atoms with E-state index < -0.39 is 22.8 Å². The Labute approximate surface area is 157 Å². The lowest BCUT2D eigenvalue weighted by Crippen LogP contribution is -2.41. The minimum Gasteiger partial charge on any atom is -0.493 e. The minimum atomic E-state index is -0.933. The molecule has 2 heterocycles. The topological polar surface area (TPSA) is 45.5 Å². The van der Waals surface area contributed by atoms with E-state index >= 15 is 0 Å². The molecule has 0 amide bonds. The number of halogens is 2. The lowest BCUT2D eigenvalue weighted by Gasteiger charge is -2.32. The Balaban J connectivity index is 1.59. The summed E-state index contributed by atoms with van der Waals surface area (Å²) in [5.74, 6) is -1.17. The van der Waals surface area contributed by atoms with Crippen LogP contribution in [0.1, 0.15) is 45.6 Å². The van der Waals surface area contributed by atoms with Crippen LogP contribution in [0.25, 0.3) is 5.69 Å². The van der Waals surface area contributed by atoms with E-state index in [4.69, 9.17) is 14.0 Å². The van der Waals surface area contributed by atoms with E-state index in [1.807, 2.05) is 27.7 Å². The molecule has 1 saturated heterocycles. The Morgan fingerprint density at radius 3 is 2.44 bits per heavy atom. The fourth-order valence-corrected chi connectivity index (χ4v) is 3.48. The van der Waals surface area contributed by atoms with Gasteiger partial charge in [0.15, 0.2) is 17.4 Å². The second-order valence-corrected chi connectivity index (χ2v) is 8.29. The van der Waals surface area contributed by atoms with Crippen LogP contribution in [-0.2, 0) is 9.31 Å². The van der Waals surface area contributed by atoms with E-state index in [2.05, 4.69) is 5.10 Å². The van der Waals surface area contributed by atoms with Gasteiger partial charge in [-0.25, -0.2) is 13.5 Å². The summed E-state index contributed by atoms with van der Waals surface area (Å²) < 4.78 is 47.1. The Morgan fingerprint density at radius 2 is 1.85 bits per heavy atom. The molecule has 1 aromatic heterocycles. The van der Waals surface area contributed by atoms with Crippen LogP contribution >= 0.6 is 0 Å². The first-order chi connectivity index (χ1) is 12.6. The lowest BCUT2D eigenvalue weighted by molar-refractivity contribution is 0.00578. The summed E-state index contributed by atoms with van der Waals surface area (Å²) in [5.41, 5.74) is -0.0309. The summed E-state index contributed by atoms with van der Waals surface area (Å²) in [6.07, 6.45) is 3.78. The minimum absolute atomic E-state index is 0.0611. The van der Waals surface area contributed by atoms with Crippen molar-refractivity contribution < 1.29 is 22.8 Å². The fraction of sp³-hybridized carbons (Fsp3) is 0.526. The van der Waals surface area contributed by atoms with Crippen molar-refractivity contribution >= 4 is 7.12 Å². The van der Waals surface area contributed by atoms with E-state index in [0.717, 1.165) is 12.0 Å². The zero-order chi connectivity index (χ0) is 19.6. The molecule has 2 unspecified atom stereocenters. The molecule has 1 saturated carbocycles. The van der Waals surface area contributed by atoms with Gasteiger partial charge in [0.2, 0.25) is 0 Å². The SMILES string of the molecule is COc1cnn(-c2cc(C3CC3B3OC(C)(C)C(C)(C)O3)cc(F)c2F)c1. The highest BCUT2D eigenvalue weighted by molar-refractivity contribution is 6.49. The van der Waals surface area contributed by atoms with Crippen molar-refractivity contribution in [3.8, 4) is 11.4 Å². The zero-order valence-electron chi connectivity index (χ0n) is 16.1. The van der Waals surface area contributed by atoms with E-state index in [-0.39, 0.29) is 24.5 Å². The van der Waals surface area contributed by atoms with E-state index in [1.165, 1.54) is 30.3 Å². The highest BCUT2D eigenvalue weighted by Gasteiger charge is 2.60. The van der Waals surface area contributed by atoms with Crippen molar-refractivity contribution in [3.05, 3.63) is 41.7 Å². The molecule has 0 N–H and O–H groups in total. The molecule has 1 aliphatic heterocycles. The lowest BCUT2D eigenvalue weighted by atomic mass is 9.79. The van der Waals surface area contributed by atoms with Gasteiger partial charge >= 0.3 is 7.12 Å². The van der Waals surface area contributed by atoms with Gasteiger partial charge in [0.1, 0.15) is 5.69 Å². The summed E-state index contributed by atoms with van der Waals surface area (Å²) >= 11 is 0. The summed E-state index contributed by atoms with van der Waals surface area (Å²) in [6.45, 7) is 8.02. The molecule has 1 aliphatic carbocycles. The predicted octanol–water partition coefficient (Wildman–Crippen LogP) is 4.11. The molecule has 0 spiro atoms. The Bertz CT molecular complexity index is 868. The third-order valence-electron chi connectivity index (χ3n) is 5.96. The molecule has 2 aromatic rings. The van der Waals surface area contributed by atoms with Crippen molar-refractivity contribution in [3.63, 3.8) is 0 Å². The fourth-order valence-electron chi connectivity index (χ4n) is 3.48. The summed E-state index contributed by atoms with van der Waals surface area (Å²) in [6, 6.07) is 2.90. The molecule has 144 valence electrons. The van der Waals surface area contributed by atoms with Crippen LogP contribution in [0.4, 0.5) is 8.78 Å². The van der Waals surface area contributed by atoms with Crippen molar-refractivity contribution in [2.45, 2.75) is 57.1 Å². The summed E-state index contributed by atoms with van der Waals surface area (Å²) in [7, 11) is 1.15. The highest BCUT2D eigenvalue weighted by atomic mass is 19.2. The number of methoxy groups -OCH3 is 1. The molecule has 8 heteroatoms. The van der Waals surface area contributed by atoms with E-state index in [1.54, 1.807) is 6.07 Å². The van der Waals surface area contributed by atoms with Gasteiger partial charge in [-0.3, -0.25) is 0 Å². The van der Waals surface area contributed by atoms with Gasteiger partial charge in [0.05, 0.1) is 30.7 Å². The van der Waals surface area contributed by atoms with Gasteiger partial charge in [-0.2, -0.15) is 5.10 Å². The maximum Gasteiger partial charge on any atom is 0.461 e. The van der Waals surface area contributed by atoms with Gasteiger partial charge in [-0.1, -0.05) is 0 Å². The van der Waals surface area contributed by atoms with Gasteiger partial charge in [-0.15, -0.1) is 0 Å². The van der Waals surface area contributed by atoms with Crippen LogP contribution in [0.3, 0.4) is 0 Å². The molecule has 2 aliphatic rings. The first kappa shape index (κ1) is 18.4. The van der Waals surface area contributed by atoms with Crippen LogP contribution in [0, 0.1) is 11.6 Å². The second-order valence-electron chi connectivity index (χ2n) is 8.29. The van der Waals surface area contributed by atoms with Crippen molar-refractivity contribution in [1.82, 2.24) is 9.78 Å². The number of benzene rings is 1.